The van der Waals surface area contributed by atoms with Gasteiger partial charge in [0.1, 0.15) is 0 Å². The van der Waals surface area contributed by atoms with E-state index >= 15 is 0 Å². The van der Waals surface area contributed by atoms with Gasteiger partial charge in [0.15, 0.2) is 0 Å². The normalized spacial score (nSPS) is 19.3. The van der Waals surface area contributed by atoms with Crippen LogP contribution in [0.3, 0.4) is 0 Å². The Morgan fingerprint density at radius 2 is 1.28 bits per heavy atom. The van der Waals surface area contributed by atoms with Crippen molar-refractivity contribution in [1.82, 2.24) is 0 Å². The van der Waals surface area contributed by atoms with Gasteiger partial charge in [-0.05, 0) is 150 Å². The lowest BCUT2D eigenvalue weighted by atomic mass is 9.33. The third-order valence-electron chi connectivity index (χ3n) is 15.3. The molecule has 296 valence electrons. The van der Waals surface area contributed by atoms with Gasteiger partial charge in [-0.15, -0.1) is 0 Å². The first-order chi connectivity index (χ1) is 29.8. The first-order valence-corrected chi connectivity index (χ1v) is 22.3. The van der Waals surface area contributed by atoms with E-state index in [1.165, 1.54) is 126 Å². The summed E-state index contributed by atoms with van der Waals surface area (Å²) in [5.41, 5.74) is 22.2. The summed E-state index contributed by atoms with van der Waals surface area (Å²) in [6, 6.07) is 61.8. The molecule has 2 atom stereocenters. The zero-order valence-electron chi connectivity index (χ0n) is 35.8. The highest BCUT2D eigenvalue weighted by Crippen LogP contribution is 2.61. The Bertz CT molecular complexity index is 3090. The molecule has 0 bridgehead atoms. The van der Waals surface area contributed by atoms with Crippen LogP contribution < -0.4 is 31.1 Å². The number of nitrogens with zero attached hydrogens (tertiary/aromatic N) is 3. The van der Waals surface area contributed by atoms with Crippen LogP contribution in [-0.2, 0) is 5.41 Å². The Morgan fingerprint density at radius 1 is 0.574 bits per heavy atom. The summed E-state index contributed by atoms with van der Waals surface area (Å²) in [5.74, 6) is 0. The lowest BCUT2D eigenvalue weighted by Crippen LogP contribution is -2.64. The Labute approximate surface area is 361 Å². The highest BCUT2D eigenvalue weighted by molar-refractivity contribution is 7.00. The van der Waals surface area contributed by atoms with Crippen molar-refractivity contribution in [2.24, 2.45) is 0 Å². The van der Waals surface area contributed by atoms with Gasteiger partial charge < -0.3 is 14.7 Å². The lowest BCUT2D eigenvalue weighted by molar-refractivity contribution is 0.195. The van der Waals surface area contributed by atoms with Crippen molar-refractivity contribution in [2.75, 3.05) is 14.7 Å². The second-order valence-electron chi connectivity index (χ2n) is 18.6. The van der Waals surface area contributed by atoms with Crippen LogP contribution in [0.15, 0.2) is 164 Å². The maximum Gasteiger partial charge on any atom is 0.252 e. The summed E-state index contributed by atoms with van der Waals surface area (Å²) < 4.78 is 0. The van der Waals surface area contributed by atoms with E-state index in [4.69, 9.17) is 0 Å². The molecule has 0 spiro atoms. The lowest BCUT2D eigenvalue weighted by Gasteiger charge is -2.52. The molecule has 2 unspecified atom stereocenters. The molecule has 1 aliphatic carbocycles. The minimum Gasteiger partial charge on any atom is -0.335 e. The summed E-state index contributed by atoms with van der Waals surface area (Å²) in [7, 11) is 0. The molecule has 4 aliphatic rings. The van der Waals surface area contributed by atoms with Crippen LogP contribution in [0.1, 0.15) is 61.8 Å². The molecule has 12 rings (SSSR count). The quantitative estimate of drug-likeness (QED) is 0.161. The summed E-state index contributed by atoms with van der Waals surface area (Å²) >= 11 is 0. The highest BCUT2D eigenvalue weighted by Gasteiger charge is 2.61. The molecule has 3 aliphatic heterocycles. The zero-order valence-corrected chi connectivity index (χ0v) is 35.8. The van der Waals surface area contributed by atoms with Crippen LogP contribution in [0.2, 0.25) is 0 Å². The van der Waals surface area contributed by atoms with E-state index in [0.717, 1.165) is 5.69 Å². The molecule has 0 saturated heterocycles. The first-order valence-electron chi connectivity index (χ1n) is 22.3. The predicted octanol–water partition coefficient (Wildman–Crippen LogP) is 13.3. The molecule has 0 N–H and O–H groups in total. The van der Waals surface area contributed by atoms with Crippen LogP contribution in [-0.4, -0.2) is 12.3 Å². The zero-order chi connectivity index (χ0) is 41.2. The molecular formula is C57H50BN3. The Morgan fingerprint density at radius 3 is 2.15 bits per heavy atom. The van der Waals surface area contributed by atoms with Gasteiger partial charge in [0.2, 0.25) is 0 Å². The second-order valence-corrected chi connectivity index (χ2v) is 18.6. The Hall–Kier alpha value is -6.52. The summed E-state index contributed by atoms with van der Waals surface area (Å²) in [6.45, 7) is 12.1. The molecule has 8 aromatic rings. The van der Waals surface area contributed by atoms with Crippen molar-refractivity contribution in [3.8, 4) is 11.1 Å². The van der Waals surface area contributed by atoms with Crippen molar-refractivity contribution < 1.29 is 0 Å². The molecule has 3 heterocycles. The third-order valence-corrected chi connectivity index (χ3v) is 15.3. The number of anilines is 8. The fraction of sp³-hybridized carbons (Fsp3) is 0.193. The van der Waals surface area contributed by atoms with Gasteiger partial charge in [0.25, 0.3) is 6.71 Å². The number of benzene rings is 8. The van der Waals surface area contributed by atoms with Gasteiger partial charge in [-0.1, -0.05) is 135 Å². The molecule has 0 radical (unpaired) electrons. The van der Waals surface area contributed by atoms with Crippen LogP contribution in [0, 0.1) is 20.8 Å². The van der Waals surface area contributed by atoms with Crippen molar-refractivity contribution >= 4 is 79.4 Å². The van der Waals surface area contributed by atoms with E-state index in [1.807, 2.05) is 0 Å². The average molecular weight is 788 g/mol. The van der Waals surface area contributed by atoms with Crippen molar-refractivity contribution in [2.45, 2.75) is 71.3 Å². The number of aryl methyl sites for hydroxylation is 2. The largest absolute Gasteiger partial charge is 0.335 e. The smallest absolute Gasteiger partial charge is 0.252 e. The van der Waals surface area contributed by atoms with Gasteiger partial charge in [0, 0.05) is 50.9 Å². The highest BCUT2D eigenvalue weighted by atomic mass is 15.3. The van der Waals surface area contributed by atoms with Crippen LogP contribution >= 0.6 is 0 Å². The number of hydrogen-bond donors (Lipinski definition) is 0. The van der Waals surface area contributed by atoms with Crippen LogP contribution in [0.25, 0.3) is 21.9 Å². The molecule has 8 aromatic carbocycles. The number of hydrogen-bond acceptors (Lipinski definition) is 3. The predicted molar refractivity (Wildman–Crippen MR) is 260 cm³/mol. The van der Waals surface area contributed by atoms with Crippen LogP contribution in [0.4, 0.5) is 45.5 Å². The maximum absolute atomic E-state index is 2.83. The molecule has 0 amide bonds. The third kappa shape index (κ3) is 4.99. The summed E-state index contributed by atoms with van der Waals surface area (Å²) in [4.78, 5) is 7.91. The van der Waals surface area contributed by atoms with E-state index < -0.39 is 0 Å². The molecular weight excluding hydrogens is 737 g/mol. The monoisotopic (exact) mass is 787 g/mol. The number of fused-ring (bicyclic) bond motifs is 8. The van der Waals surface area contributed by atoms with Gasteiger partial charge >= 0.3 is 0 Å². The number of rotatable bonds is 5. The van der Waals surface area contributed by atoms with E-state index in [9.17, 15) is 0 Å². The number of para-hydroxylation sites is 3. The van der Waals surface area contributed by atoms with Crippen molar-refractivity contribution in [3.05, 3.63) is 186 Å². The molecule has 4 heteroatoms. The average Bonchev–Trinajstić information content (AvgIpc) is 3.50. The Balaban J connectivity index is 1.12. The van der Waals surface area contributed by atoms with Gasteiger partial charge in [-0.2, -0.15) is 0 Å². The summed E-state index contributed by atoms with van der Waals surface area (Å²) in [5, 5.41) is 2.53. The first kappa shape index (κ1) is 36.3. The molecule has 1 fully saturated rings. The SMILES string of the molecule is Cc1cc2c3c(c1)N1c4c(cccc4C4(C)CCCCC14C)B3c1ccc(N(c3ccccc3C)c3cccc(-c4cccc5ccccc45)c3C)cc1N2c1ccccc1. The fourth-order valence-corrected chi connectivity index (χ4v) is 12.2. The minimum absolute atomic E-state index is 0.00438. The van der Waals surface area contributed by atoms with E-state index in [0.29, 0.717) is 0 Å². The Kier molecular flexibility index (Phi) is 7.89. The van der Waals surface area contributed by atoms with E-state index in [2.05, 4.69) is 213 Å². The van der Waals surface area contributed by atoms with Crippen molar-refractivity contribution in [1.29, 1.82) is 0 Å². The van der Waals surface area contributed by atoms with Crippen molar-refractivity contribution in [3.63, 3.8) is 0 Å². The topological polar surface area (TPSA) is 9.72 Å². The molecule has 61 heavy (non-hydrogen) atoms. The minimum atomic E-state index is 0.00438. The maximum atomic E-state index is 2.83. The molecule has 1 saturated carbocycles. The van der Waals surface area contributed by atoms with Gasteiger partial charge in [-0.3, -0.25) is 0 Å². The van der Waals surface area contributed by atoms with Gasteiger partial charge in [-0.25, -0.2) is 0 Å². The van der Waals surface area contributed by atoms with Gasteiger partial charge in [0.05, 0.1) is 5.54 Å². The van der Waals surface area contributed by atoms with E-state index in [-0.39, 0.29) is 17.7 Å². The van der Waals surface area contributed by atoms with E-state index in [1.54, 1.807) is 0 Å². The standard InChI is InChI=1S/C57H50BN3/c1-37-34-52-54-53(35-37)61-55-46(56(4)32-13-14-33-57(56,61)5)26-17-27-48(55)58(54)47-31-30-42(36-51(47)59(52)41-21-7-6-8-22-41)60(49-28-12-9-18-38(49)2)50-29-16-24-43(39(50)3)45-25-15-20-40-19-10-11-23-44(40)45/h6-12,15-31,34-36H,13-14,32-33H2,1-5H3. The summed E-state index contributed by atoms with van der Waals surface area (Å²) in [6.07, 6.45) is 4.98. The fourth-order valence-electron chi connectivity index (χ4n) is 12.2. The molecule has 3 nitrogen and oxygen atoms in total. The second kappa shape index (κ2) is 13.2. The molecule has 0 aromatic heterocycles. The van der Waals surface area contributed by atoms with Crippen LogP contribution in [0.5, 0.6) is 0 Å².